The molecule has 0 bridgehead atoms. The number of methoxy groups -OCH3 is 1. The monoisotopic (exact) mass is 279 g/mol. The number of carbonyl (C=O) groups is 1. The van der Waals surface area contributed by atoms with E-state index < -0.39 is 0 Å². The second kappa shape index (κ2) is 5.83. The third kappa shape index (κ3) is 2.68. The van der Waals surface area contributed by atoms with Crippen LogP contribution in [0.5, 0.6) is 5.75 Å². The number of carbonyl (C=O) groups excluding carboxylic acids is 1. The first-order valence-electron chi connectivity index (χ1n) is 6.99. The van der Waals surface area contributed by atoms with Gasteiger partial charge in [0.1, 0.15) is 5.75 Å². The largest absolute Gasteiger partial charge is 0.496 e. The van der Waals surface area contributed by atoms with Gasteiger partial charge in [-0.2, -0.15) is 0 Å². The molecule has 0 radical (unpaired) electrons. The van der Waals surface area contributed by atoms with Crippen molar-refractivity contribution >= 4 is 16.7 Å². The molecule has 3 rings (SSSR count). The molecule has 21 heavy (non-hydrogen) atoms. The molecule has 0 atom stereocenters. The summed E-state index contributed by atoms with van der Waals surface area (Å²) in [6.07, 6.45) is 2.50. The summed E-state index contributed by atoms with van der Waals surface area (Å²) in [6.45, 7) is 0.671. The predicted octanol–water partition coefficient (Wildman–Crippen LogP) is 3.92. The van der Waals surface area contributed by atoms with Gasteiger partial charge < -0.3 is 9.30 Å². The lowest BCUT2D eigenvalue weighted by atomic mass is 10.1. The molecule has 0 N–H and O–H groups in total. The number of Topliss-reactive ketones (excluding diaryl/α,β-unsaturated/α-hetero) is 1. The molecule has 106 valence electrons. The first-order valence-corrected chi connectivity index (χ1v) is 6.99. The van der Waals surface area contributed by atoms with E-state index in [0.29, 0.717) is 13.0 Å². The summed E-state index contributed by atoms with van der Waals surface area (Å²) < 4.78 is 7.45. The average molecular weight is 279 g/mol. The zero-order valence-corrected chi connectivity index (χ0v) is 12.0. The van der Waals surface area contributed by atoms with Crippen LogP contribution in [0.25, 0.3) is 10.9 Å². The maximum absolute atomic E-state index is 12.2. The maximum atomic E-state index is 12.2. The third-order valence-electron chi connectivity index (χ3n) is 3.67. The Morgan fingerprint density at radius 3 is 2.62 bits per heavy atom. The number of aryl methyl sites for hydroxylation is 1. The summed E-state index contributed by atoms with van der Waals surface area (Å²) in [6, 6.07) is 17.4. The van der Waals surface area contributed by atoms with E-state index in [1.165, 1.54) is 0 Å². The molecule has 1 aromatic heterocycles. The SMILES string of the molecule is COc1cccc2c1ccn2CCC(=O)c1ccccc1. The first kappa shape index (κ1) is 13.4. The van der Waals surface area contributed by atoms with Gasteiger partial charge in [0.2, 0.25) is 0 Å². The molecule has 0 amide bonds. The topological polar surface area (TPSA) is 31.2 Å². The van der Waals surface area contributed by atoms with Gasteiger partial charge in [-0.15, -0.1) is 0 Å². The van der Waals surface area contributed by atoms with Crippen LogP contribution >= 0.6 is 0 Å². The van der Waals surface area contributed by atoms with Crippen LogP contribution in [0.2, 0.25) is 0 Å². The van der Waals surface area contributed by atoms with Crippen LogP contribution in [0.3, 0.4) is 0 Å². The van der Waals surface area contributed by atoms with E-state index >= 15 is 0 Å². The standard InChI is InChI=1S/C18H17NO2/c1-21-18-9-5-8-16-15(18)10-12-19(16)13-11-17(20)14-6-3-2-4-7-14/h2-10,12H,11,13H2,1H3. The van der Waals surface area contributed by atoms with Crippen LogP contribution < -0.4 is 4.74 Å². The number of nitrogens with zero attached hydrogens (tertiary/aromatic N) is 1. The Balaban J connectivity index is 1.79. The minimum absolute atomic E-state index is 0.167. The fraction of sp³-hybridized carbons (Fsp3) is 0.167. The second-order valence-corrected chi connectivity index (χ2v) is 4.94. The molecule has 0 aliphatic heterocycles. The molecule has 1 heterocycles. The summed E-state index contributed by atoms with van der Waals surface area (Å²) >= 11 is 0. The smallest absolute Gasteiger partial charge is 0.164 e. The van der Waals surface area contributed by atoms with Crippen molar-refractivity contribution in [1.82, 2.24) is 4.57 Å². The van der Waals surface area contributed by atoms with Crippen molar-refractivity contribution in [3.8, 4) is 5.75 Å². The molecule has 0 saturated carbocycles. The van der Waals surface area contributed by atoms with Gasteiger partial charge >= 0.3 is 0 Å². The Labute approximate surface area is 123 Å². The zero-order chi connectivity index (χ0) is 14.7. The minimum atomic E-state index is 0.167. The van der Waals surface area contributed by atoms with Gasteiger partial charge in [0, 0.05) is 30.1 Å². The quantitative estimate of drug-likeness (QED) is 0.663. The molecule has 3 heteroatoms. The number of ketones is 1. The summed E-state index contributed by atoms with van der Waals surface area (Å²) in [5, 5.41) is 1.08. The predicted molar refractivity (Wildman–Crippen MR) is 83.9 cm³/mol. The van der Waals surface area contributed by atoms with E-state index in [9.17, 15) is 4.79 Å². The Bertz CT molecular complexity index is 759. The van der Waals surface area contributed by atoms with Crippen LogP contribution in [-0.2, 0) is 6.54 Å². The summed E-state index contributed by atoms with van der Waals surface area (Å²) in [5.41, 5.74) is 1.86. The van der Waals surface area contributed by atoms with Gasteiger partial charge in [-0.3, -0.25) is 4.79 Å². The maximum Gasteiger partial charge on any atom is 0.164 e. The number of fused-ring (bicyclic) bond motifs is 1. The first-order chi connectivity index (χ1) is 10.3. The van der Waals surface area contributed by atoms with Crippen LogP contribution in [0.15, 0.2) is 60.8 Å². The van der Waals surface area contributed by atoms with E-state index in [1.54, 1.807) is 7.11 Å². The average Bonchev–Trinajstić information content (AvgIpc) is 2.96. The van der Waals surface area contributed by atoms with Crippen molar-refractivity contribution in [3.05, 3.63) is 66.4 Å². The van der Waals surface area contributed by atoms with Crippen LogP contribution in [-0.4, -0.2) is 17.5 Å². The van der Waals surface area contributed by atoms with Crippen molar-refractivity contribution in [3.63, 3.8) is 0 Å². The Morgan fingerprint density at radius 1 is 1.05 bits per heavy atom. The van der Waals surface area contributed by atoms with Crippen molar-refractivity contribution in [2.24, 2.45) is 0 Å². The van der Waals surface area contributed by atoms with Crippen LogP contribution in [0.1, 0.15) is 16.8 Å². The highest BCUT2D eigenvalue weighted by atomic mass is 16.5. The molecular formula is C18H17NO2. The number of ether oxygens (including phenoxy) is 1. The van der Waals surface area contributed by atoms with Crippen LogP contribution in [0.4, 0.5) is 0 Å². The van der Waals surface area contributed by atoms with Gasteiger partial charge in [0.15, 0.2) is 5.78 Å². The van der Waals surface area contributed by atoms with Crippen LogP contribution in [0, 0.1) is 0 Å². The van der Waals surface area contributed by atoms with Crippen molar-refractivity contribution in [2.75, 3.05) is 7.11 Å². The summed E-state index contributed by atoms with van der Waals surface area (Å²) in [4.78, 5) is 12.2. The van der Waals surface area contributed by atoms with Gasteiger partial charge in [-0.05, 0) is 18.2 Å². The lowest BCUT2D eigenvalue weighted by Crippen LogP contribution is -2.05. The highest BCUT2D eigenvalue weighted by Crippen LogP contribution is 2.26. The van der Waals surface area contributed by atoms with E-state index in [2.05, 4.69) is 4.57 Å². The van der Waals surface area contributed by atoms with Crippen molar-refractivity contribution in [1.29, 1.82) is 0 Å². The fourth-order valence-corrected chi connectivity index (χ4v) is 2.56. The molecule has 0 aliphatic carbocycles. The van der Waals surface area contributed by atoms with Gasteiger partial charge in [0.25, 0.3) is 0 Å². The zero-order valence-electron chi connectivity index (χ0n) is 12.0. The lowest BCUT2D eigenvalue weighted by molar-refractivity contribution is 0.0977. The Hall–Kier alpha value is -2.55. The second-order valence-electron chi connectivity index (χ2n) is 4.94. The lowest BCUT2D eigenvalue weighted by Gasteiger charge is -2.06. The number of aromatic nitrogens is 1. The number of hydrogen-bond donors (Lipinski definition) is 0. The highest BCUT2D eigenvalue weighted by molar-refractivity contribution is 5.96. The molecular weight excluding hydrogens is 262 g/mol. The third-order valence-corrected chi connectivity index (χ3v) is 3.67. The fourth-order valence-electron chi connectivity index (χ4n) is 2.56. The van der Waals surface area contributed by atoms with Gasteiger partial charge in [-0.1, -0.05) is 36.4 Å². The molecule has 3 nitrogen and oxygen atoms in total. The summed E-state index contributed by atoms with van der Waals surface area (Å²) in [5.74, 6) is 1.03. The van der Waals surface area contributed by atoms with E-state index in [4.69, 9.17) is 4.74 Å². The minimum Gasteiger partial charge on any atom is -0.496 e. The number of hydrogen-bond acceptors (Lipinski definition) is 2. The Morgan fingerprint density at radius 2 is 1.86 bits per heavy atom. The molecule has 2 aromatic carbocycles. The summed E-state index contributed by atoms with van der Waals surface area (Å²) in [7, 11) is 1.67. The van der Waals surface area contributed by atoms with E-state index in [-0.39, 0.29) is 5.78 Å². The Kier molecular flexibility index (Phi) is 3.73. The highest BCUT2D eigenvalue weighted by Gasteiger charge is 2.08. The normalized spacial score (nSPS) is 10.7. The molecule has 3 aromatic rings. The van der Waals surface area contributed by atoms with E-state index in [1.807, 2.05) is 60.8 Å². The molecule has 0 aliphatic rings. The van der Waals surface area contributed by atoms with Gasteiger partial charge in [0.05, 0.1) is 12.6 Å². The number of benzene rings is 2. The molecule has 0 fully saturated rings. The number of rotatable bonds is 5. The van der Waals surface area contributed by atoms with E-state index in [0.717, 1.165) is 22.2 Å². The molecule has 0 spiro atoms. The van der Waals surface area contributed by atoms with Gasteiger partial charge in [-0.25, -0.2) is 0 Å². The molecule has 0 unspecified atom stereocenters. The van der Waals surface area contributed by atoms with Crippen molar-refractivity contribution < 1.29 is 9.53 Å². The molecule has 0 saturated heterocycles. The van der Waals surface area contributed by atoms with Crippen molar-refractivity contribution in [2.45, 2.75) is 13.0 Å².